The zero-order valence-corrected chi connectivity index (χ0v) is 18.5. The number of halogens is 1. The Morgan fingerprint density at radius 2 is 1.97 bits per heavy atom. The Labute approximate surface area is 190 Å². The molecule has 0 unspecified atom stereocenters. The molecule has 1 aliphatic rings. The summed E-state index contributed by atoms with van der Waals surface area (Å²) < 4.78 is 2.02. The lowest BCUT2D eigenvalue weighted by molar-refractivity contribution is -0.132. The van der Waals surface area contributed by atoms with E-state index >= 15 is 0 Å². The number of aromatic nitrogens is 2. The van der Waals surface area contributed by atoms with E-state index < -0.39 is 0 Å². The second-order valence-electron chi connectivity index (χ2n) is 7.48. The average Bonchev–Trinajstić information content (AvgIpc) is 3.22. The molecule has 160 valence electrons. The van der Waals surface area contributed by atoms with Gasteiger partial charge in [-0.1, -0.05) is 59.8 Å². The first-order valence-electron chi connectivity index (χ1n) is 10.1. The lowest BCUT2D eigenvalue weighted by Crippen LogP contribution is -2.44. The number of imidazole rings is 1. The van der Waals surface area contributed by atoms with E-state index in [1.807, 2.05) is 65.4 Å². The van der Waals surface area contributed by atoms with Crippen molar-refractivity contribution >= 4 is 35.2 Å². The van der Waals surface area contributed by atoms with Gasteiger partial charge in [0.1, 0.15) is 0 Å². The monoisotopic (exact) mass is 454 g/mol. The second-order valence-corrected chi connectivity index (χ2v) is 8.86. The van der Waals surface area contributed by atoms with Gasteiger partial charge in [-0.25, -0.2) is 4.98 Å². The molecule has 0 radical (unpaired) electrons. The molecule has 0 saturated carbocycles. The SMILES string of the molecule is NC(=O)[C@H]1CCCN(C(=O)CSc2ncc(-c3ccccc3)n2-c2cccc(Cl)c2)C1. The molecule has 1 aromatic heterocycles. The molecule has 2 heterocycles. The van der Waals surface area contributed by atoms with Gasteiger partial charge in [0.2, 0.25) is 11.8 Å². The van der Waals surface area contributed by atoms with E-state index in [4.69, 9.17) is 17.3 Å². The summed E-state index contributed by atoms with van der Waals surface area (Å²) in [6.07, 6.45) is 3.35. The average molecular weight is 455 g/mol. The number of rotatable bonds is 6. The van der Waals surface area contributed by atoms with Gasteiger partial charge in [-0.05, 0) is 31.0 Å². The molecule has 1 fully saturated rings. The molecule has 31 heavy (non-hydrogen) atoms. The number of piperidine rings is 1. The Morgan fingerprint density at radius 1 is 1.16 bits per heavy atom. The first kappa shape index (κ1) is 21.5. The van der Waals surface area contributed by atoms with Crippen molar-refractivity contribution in [3.8, 4) is 16.9 Å². The highest BCUT2D eigenvalue weighted by atomic mass is 35.5. The fourth-order valence-corrected chi connectivity index (χ4v) is 4.85. The van der Waals surface area contributed by atoms with Crippen LogP contribution in [-0.2, 0) is 9.59 Å². The summed E-state index contributed by atoms with van der Waals surface area (Å²) in [6, 6.07) is 17.5. The fourth-order valence-electron chi connectivity index (χ4n) is 3.77. The third-order valence-corrected chi connectivity index (χ3v) is 6.54. The van der Waals surface area contributed by atoms with Gasteiger partial charge in [-0.2, -0.15) is 0 Å². The quantitative estimate of drug-likeness (QED) is 0.570. The first-order chi connectivity index (χ1) is 15.0. The number of carbonyl (C=O) groups excluding carboxylic acids is 2. The summed E-state index contributed by atoms with van der Waals surface area (Å²) >= 11 is 7.62. The Bertz CT molecular complexity index is 1090. The zero-order valence-electron chi connectivity index (χ0n) is 16.9. The number of carbonyl (C=O) groups is 2. The van der Waals surface area contributed by atoms with Crippen LogP contribution in [0.5, 0.6) is 0 Å². The van der Waals surface area contributed by atoms with E-state index in [1.165, 1.54) is 11.8 Å². The molecule has 0 aliphatic carbocycles. The molecule has 2 N–H and O–H groups in total. The number of nitrogens with zero attached hydrogens (tertiary/aromatic N) is 3. The summed E-state index contributed by atoms with van der Waals surface area (Å²) in [6.45, 7) is 1.05. The molecule has 2 aromatic carbocycles. The van der Waals surface area contributed by atoms with Crippen molar-refractivity contribution < 1.29 is 9.59 Å². The van der Waals surface area contributed by atoms with Gasteiger partial charge in [-0.15, -0.1) is 0 Å². The molecular weight excluding hydrogens is 432 g/mol. The highest BCUT2D eigenvalue weighted by molar-refractivity contribution is 7.99. The number of benzene rings is 2. The molecule has 6 nitrogen and oxygen atoms in total. The van der Waals surface area contributed by atoms with Crippen LogP contribution in [0, 0.1) is 5.92 Å². The minimum absolute atomic E-state index is 0.0159. The maximum absolute atomic E-state index is 12.8. The molecule has 3 aromatic rings. The zero-order chi connectivity index (χ0) is 21.8. The van der Waals surface area contributed by atoms with Crippen LogP contribution in [0.3, 0.4) is 0 Å². The number of thioether (sulfide) groups is 1. The Hall–Kier alpha value is -2.77. The Kier molecular flexibility index (Phi) is 6.63. The van der Waals surface area contributed by atoms with Gasteiger partial charge < -0.3 is 10.6 Å². The van der Waals surface area contributed by atoms with Crippen molar-refractivity contribution in [3.63, 3.8) is 0 Å². The third kappa shape index (κ3) is 4.94. The van der Waals surface area contributed by atoms with Crippen molar-refractivity contribution in [3.05, 3.63) is 65.8 Å². The maximum Gasteiger partial charge on any atom is 0.233 e. The van der Waals surface area contributed by atoms with Gasteiger partial charge in [0.25, 0.3) is 0 Å². The Balaban J connectivity index is 1.58. The van der Waals surface area contributed by atoms with Crippen LogP contribution in [0.4, 0.5) is 0 Å². The predicted molar refractivity (Wildman–Crippen MR) is 123 cm³/mol. The smallest absolute Gasteiger partial charge is 0.233 e. The molecule has 0 spiro atoms. The van der Waals surface area contributed by atoms with Crippen LogP contribution in [-0.4, -0.2) is 45.1 Å². The normalized spacial score (nSPS) is 16.3. The van der Waals surface area contributed by atoms with Crippen LogP contribution in [0.2, 0.25) is 5.02 Å². The summed E-state index contributed by atoms with van der Waals surface area (Å²) in [5.74, 6) is -0.384. The van der Waals surface area contributed by atoms with E-state index in [1.54, 1.807) is 4.90 Å². The van der Waals surface area contributed by atoms with Crippen molar-refractivity contribution in [2.45, 2.75) is 18.0 Å². The molecule has 2 amide bonds. The van der Waals surface area contributed by atoms with E-state index in [9.17, 15) is 9.59 Å². The van der Waals surface area contributed by atoms with Crippen LogP contribution in [0.15, 0.2) is 66.0 Å². The van der Waals surface area contributed by atoms with Crippen LogP contribution in [0.1, 0.15) is 12.8 Å². The summed E-state index contributed by atoms with van der Waals surface area (Å²) in [5, 5.41) is 1.33. The van der Waals surface area contributed by atoms with Gasteiger partial charge in [0.15, 0.2) is 5.16 Å². The summed E-state index contributed by atoms with van der Waals surface area (Å²) in [7, 11) is 0. The van der Waals surface area contributed by atoms with E-state index in [0.29, 0.717) is 23.3 Å². The van der Waals surface area contributed by atoms with Gasteiger partial charge in [0, 0.05) is 29.4 Å². The molecule has 8 heteroatoms. The maximum atomic E-state index is 12.8. The fraction of sp³-hybridized carbons (Fsp3) is 0.261. The number of primary amides is 1. The molecule has 1 atom stereocenters. The van der Waals surface area contributed by atoms with Crippen LogP contribution < -0.4 is 5.73 Å². The van der Waals surface area contributed by atoms with E-state index in [0.717, 1.165) is 29.8 Å². The van der Waals surface area contributed by atoms with Crippen LogP contribution >= 0.6 is 23.4 Å². The number of likely N-dealkylation sites (tertiary alicyclic amines) is 1. The van der Waals surface area contributed by atoms with Gasteiger partial charge in [-0.3, -0.25) is 14.2 Å². The van der Waals surface area contributed by atoms with Gasteiger partial charge >= 0.3 is 0 Å². The summed E-state index contributed by atoms with van der Waals surface area (Å²) in [5.41, 5.74) is 8.27. The van der Waals surface area contributed by atoms with Crippen molar-refractivity contribution in [1.29, 1.82) is 0 Å². The predicted octanol–water partition coefficient (Wildman–Crippen LogP) is 4.01. The number of amides is 2. The minimum atomic E-state index is -0.339. The lowest BCUT2D eigenvalue weighted by Gasteiger charge is -2.31. The first-order valence-corrected chi connectivity index (χ1v) is 11.5. The minimum Gasteiger partial charge on any atom is -0.369 e. The second kappa shape index (κ2) is 9.58. The number of hydrogen-bond acceptors (Lipinski definition) is 4. The molecule has 4 rings (SSSR count). The molecule has 1 saturated heterocycles. The third-order valence-electron chi connectivity index (χ3n) is 5.37. The molecular formula is C23H23ClN4O2S. The lowest BCUT2D eigenvalue weighted by atomic mass is 9.97. The van der Waals surface area contributed by atoms with E-state index in [2.05, 4.69) is 4.98 Å². The highest BCUT2D eigenvalue weighted by Crippen LogP contribution is 2.31. The topological polar surface area (TPSA) is 81.2 Å². The number of hydrogen-bond donors (Lipinski definition) is 1. The van der Waals surface area contributed by atoms with Crippen molar-refractivity contribution in [2.75, 3.05) is 18.8 Å². The highest BCUT2D eigenvalue weighted by Gasteiger charge is 2.27. The van der Waals surface area contributed by atoms with Crippen LogP contribution in [0.25, 0.3) is 16.9 Å². The Morgan fingerprint density at radius 3 is 2.71 bits per heavy atom. The number of nitrogens with two attached hydrogens (primary N) is 1. The van der Waals surface area contributed by atoms with Crippen molar-refractivity contribution in [1.82, 2.24) is 14.5 Å². The largest absolute Gasteiger partial charge is 0.369 e. The molecule has 1 aliphatic heterocycles. The van der Waals surface area contributed by atoms with Gasteiger partial charge in [0.05, 0.1) is 23.6 Å². The van der Waals surface area contributed by atoms with E-state index in [-0.39, 0.29) is 23.5 Å². The molecule has 0 bridgehead atoms. The summed E-state index contributed by atoms with van der Waals surface area (Å²) in [4.78, 5) is 30.7. The van der Waals surface area contributed by atoms with Crippen molar-refractivity contribution in [2.24, 2.45) is 11.7 Å². The standard InChI is InChI=1S/C23H23ClN4O2S/c24-18-9-4-10-19(12-18)28-20(16-6-2-1-3-7-16)13-26-23(28)31-15-21(29)27-11-5-8-17(14-27)22(25)30/h1-4,6-7,9-10,12-13,17H,5,8,11,14-15H2,(H2,25,30)/t17-/m0/s1.